The van der Waals surface area contributed by atoms with Crippen molar-refractivity contribution in [1.82, 2.24) is 9.88 Å². The molecule has 1 fully saturated rings. The molecule has 0 bridgehead atoms. The van der Waals surface area contributed by atoms with Crippen molar-refractivity contribution in [2.75, 3.05) is 25.0 Å². The van der Waals surface area contributed by atoms with Crippen molar-refractivity contribution in [2.45, 2.75) is 45.4 Å². The van der Waals surface area contributed by atoms with Gasteiger partial charge in [-0.15, -0.1) is 0 Å². The van der Waals surface area contributed by atoms with E-state index in [-0.39, 0.29) is 5.54 Å². The van der Waals surface area contributed by atoms with Crippen LogP contribution in [0.25, 0.3) is 0 Å². The summed E-state index contributed by atoms with van der Waals surface area (Å²) in [6.07, 6.45) is 2.40. The lowest BCUT2D eigenvalue weighted by atomic mass is 10.00. The molecule has 0 radical (unpaired) electrons. The second-order valence-electron chi connectivity index (χ2n) is 6.19. The minimum atomic E-state index is 0.0705. The number of hydrogen-bond acceptors (Lipinski definition) is 4. The Morgan fingerprint density at radius 2 is 2.00 bits per heavy atom. The number of morpholine rings is 1. The van der Waals surface area contributed by atoms with Gasteiger partial charge in [-0.3, -0.25) is 4.90 Å². The summed E-state index contributed by atoms with van der Waals surface area (Å²) >= 11 is 3.40. The summed E-state index contributed by atoms with van der Waals surface area (Å²) in [6.45, 7) is 11.6. The highest BCUT2D eigenvalue weighted by molar-refractivity contribution is 9.10. The van der Waals surface area contributed by atoms with Crippen molar-refractivity contribution in [3.05, 3.63) is 22.8 Å². The fraction of sp³-hybridized carbons (Fsp3) is 0.667. The average molecular weight is 342 g/mol. The molecule has 0 aromatic carbocycles. The molecule has 2 unspecified atom stereocenters. The fourth-order valence-electron chi connectivity index (χ4n) is 2.57. The van der Waals surface area contributed by atoms with Gasteiger partial charge in [-0.25, -0.2) is 4.98 Å². The molecule has 1 aliphatic heterocycles. The van der Waals surface area contributed by atoms with Crippen molar-refractivity contribution >= 4 is 21.7 Å². The molecule has 20 heavy (non-hydrogen) atoms. The summed E-state index contributed by atoms with van der Waals surface area (Å²) in [6, 6.07) is 3.99. The average Bonchev–Trinajstić information content (AvgIpc) is 2.37. The van der Waals surface area contributed by atoms with Gasteiger partial charge in [0.1, 0.15) is 5.82 Å². The van der Waals surface area contributed by atoms with E-state index in [1.54, 1.807) is 0 Å². The molecule has 5 heteroatoms. The summed E-state index contributed by atoms with van der Waals surface area (Å²) in [5, 5.41) is 3.42. The van der Waals surface area contributed by atoms with Gasteiger partial charge >= 0.3 is 0 Å². The van der Waals surface area contributed by atoms with E-state index >= 15 is 0 Å². The molecule has 1 aromatic heterocycles. The SMILES string of the molecule is CC1CN(C(C)(C)CNc2ccc(Br)cn2)CC(C)O1. The van der Waals surface area contributed by atoms with Crippen molar-refractivity contribution < 1.29 is 4.74 Å². The molecule has 1 N–H and O–H groups in total. The lowest BCUT2D eigenvalue weighted by Gasteiger charge is -2.45. The highest BCUT2D eigenvalue weighted by Gasteiger charge is 2.32. The van der Waals surface area contributed by atoms with Crippen LogP contribution in [0.1, 0.15) is 27.7 Å². The first kappa shape index (κ1) is 15.7. The zero-order chi connectivity index (χ0) is 14.8. The van der Waals surface area contributed by atoms with Crippen LogP contribution in [-0.2, 0) is 4.74 Å². The van der Waals surface area contributed by atoms with E-state index in [9.17, 15) is 0 Å². The Labute approximate surface area is 130 Å². The van der Waals surface area contributed by atoms with Crippen molar-refractivity contribution in [3.8, 4) is 0 Å². The molecular weight excluding hydrogens is 318 g/mol. The monoisotopic (exact) mass is 341 g/mol. The van der Waals surface area contributed by atoms with Gasteiger partial charge in [0.25, 0.3) is 0 Å². The lowest BCUT2D eigenvalue weighted by Crippen LogP contribution is -2.57. The van der Waals surface area contributed by atoms with Crippen LogP contribution in [0, 0.1) is 0 Å². The second-order valence-corrected chi connectivity index (χ2v) is 7.11. The zero-order valence-corrected chi connectivity index (χ0v) is 14.3. The summed E-state index contributed by atoms with van der Waals surface area (Å²) in [5.41, 5.74) is 0.0705. The summed E-state index contributed by atoms with van der Waals surface area (Å²) in [5.74, 6) is 0.913. The van der Waals surface area contributed by atoms with Crippen LogP contribution in [-0.4, -0.2) is 47.3 Å². The Hall–Kier alpha value is -0.650. The van der Waals surface area contributed by atoms with Gasteiger partial charge in [0.15, 0.2) is 0 Å². The van der Waals surface area contributed by atoms with Crippen LogP contribution in [0.4, 0.5) is 5.82 Å². The number of halogens is 1. The molecule has 1 aliphatic rings. The summed E-state index contributed by atoms with van der Waals surface area (Å²) in [4.78, 5) is 6.85. The van der Waals surface area contributed by atoms with E-state index in [1.165, 1.54) is 0 Å². The molecule has 4 nitrogen and oxygen atoms in total. The minimum absolute atomic E-state index is 0.0705. The van der Waals surface area contributed by atoms with Crippen molar-refractivity contribution in [3.63, 3.8) is 0 Å². The van der Waals surface area contributed by atoms with E-state index in [2.05, 4.69) is 58.8 Å². The molecule has 0 aliphatic carbocycles. The Balaban J connectivity index is 1.94. The number of hydrogen-bond donors (Lipinski definition) is 1. The highest BCUT2D eigenvalue weighted by Crippen LogP contribution is 2.22. The molecule has 0 saturated carbocycles. The first-order valence-corrected chi connectivity index (χ1v) is 7.92. The van der Waals surface area contributed by atoms with Gasteiger partial charge < -0.3 is 10.1 Å². The van der Waals surface area contributed by atoms with Crippen LogP contribution in [0.3, 0.4) is 0 Å². The normalized spacial score (nSPS) is 24.6. The number of aromatic nitrogens is 1. The molecule has 1 saturated heterocycles. The maximum atomic E-state index is 5.81. The van der Waals surface area contributed by atoms with E-state index in [1.807, 2.05) is 18.3 Å². The predicted octanol–water partition coefficient (Wildman–Crippen LogP) is 3.14. The molecule has 1 aromatic rings. The number of nitrogens with zero attached hydrogens (tertiary/aromatic N) is 2. The number of anilines is 1. The lowest BCUT2D eigenvalue weighted by molar-refractivity contribution is -0.0933. The van der Waals surface area contributed by atoms with Crippen LogP contribution >= 0.6 is 15.9 Å². The third kappa shape index (κ3) is 4.17. The largest absolute Gasteiger partial charge is 0.373 e. The van der Waals surface area contributed by atoms with Gasteiger partial charge in [0, 0.05) is 35.8 Å². The first-order valence-electron chi connectivity index (χ1n) is 7.13. The maximum Gasteiger partial charge on any atom is 0.126 e. The predicted molar refractivity (Wildman–Crippen MR) is 86.1 cm³/mol. The van der Waals surface area contributed by atoms with Crippen LogP contribution < -0.4 is 5.32 Å². The van der Waals surface area contributed by atoms with Crippen molar-refractivity contribution in [2.24, 2.45) is 0 Å². The maximum absolute atomic E-state index is 5.81. The van der Waals surface area contributed by atoms with Gasteiger partial charge in [-0.05, 0) is 55.8 Å². The van der Waals surface area contributed by atoms with Crippen molar-refractivity contribution in [1.29, 1.82) is 0 Å². The number of ether oxygens (including phenoxy) is 1. The van der Waals surface area contributed by atoms with Crippen LogP contribution in [0.2, 0.25) is 0 Å². The van der Waals surface area contributed by atoms with E-state index in [0.29, 0.717) is 12.2 Å². The Bertz CT molecular complexity index is 425. The van der Waals surface area contributed by atoms with Gasteiger partial charge in [-0.2, -0.15) is 0 Å². The Kier molecular flexibility index (Phi) is 5.04. The van der Waals surface area contributed by atoms with Gasteiger partial charge in [0.05, 0.1) is 12.2 Å². The first-order chi connectivity index (χ1) is 9.37. The van der Waals surface area contributed by atoms with E-state index < -0.39 is 0 Å². The number of pyridine rings is 1. The smallest absolute Gasteiger partial charge is 0.126 e. The summed E-state index contributed by atoms with van der Waals surface area (Å²) in [7, 11) is 0. The molecular formula is C15H24BrN3O. The van der Waals surface area contributed by atoms with Gasteiger partial charge in [0.2, 0.25) is 0 Å². The fourth-order valence-corrected chi connectivity index (χ4v) is 2.81. The number of nitrogens with one attached hydrogen (secondary N) is 1. The molecule has 2 atom stereocenters. The molecule has 2 heterocycles. The van der Waals surface area contributed by atoms with Crippen LogP contribution in [0.15, 0.2) is 22.8 Å². The standard InChI is InChI=1S/C15H24BrN3O/c1-11-8-19(9-12(2)20-11)15(3,4)10-18-14-6-5-13(16)7-17-14/h5-7,11-12H,8-10H2,1-4H3,(H,17,18). The second kappa shape index (κ2) is 6.41. The summed E-state index contributed by atoms with van der Waals surface area (Å²) < 4.78 is 6.81. The molecule has 2 rings (SSSR count). The van der Waals surface area contributed by atoms with Crippen LogP contribution in [0.5, 0.6) is 0 Å². The topological polar surface area (TPSA) is 37.4 Å². The third-order valence-corrected chi connectivity index (χ3v) is 4.17. The molecule has 0 amide bonds. The van der Waals surface area contributed by atoms with Gasteiger partial charge in [-0.1, -0.05) is 0 Å². The molecule has 0 spiro atoms. The number of rotatable bonds is 4. The Morgan fingerprint density at radius 1 is 1.35 bits per heavy atom. The van der Waals surface area contributed by atoms with E-state index in [0.717, 1.165) is 29.9 Å². The highest BCUT2D eigenvalue weighted by atomic mass is 79.9. The third-order valence-electron chi connectivity index (χ3n) is 3.71. The quantitative estimate of drug-likeness (QED) is 0.912. The minimum Gasteiger partial charge on any atom is -0.373 e. The molecule has 112 valence electrons. The zero-order valence-electron chi connectivity index (χ0n) is 12.7. The Morgan fingerprint density at radius 3 is 2.55 bits per heavy atom. The van der Waals surface area contributed by atoms with E-state index in [4.69, 9.17) is 4.74 Å².